The van der Waals surface area contributed by atoms with Gasteiger partial charge in [-0.3, -0.25) is 4.79 Å². The lowest BCUT2D eigenvalue weighted by Gasteiger charge is -2.12. The van der Waals surface area contributed by atoms with Crippen LogP contribution in [0.4, 0.5) is 5.69 Å². The minimum absolute atomic E-state index is 0.249. The molecule has 0 saturated heterocycles. The van der Waals surface area contributed by atoms with E-state index in [2.05, 4.69) is 15.9 Å². The van der Waals surface area contributed by atoms with Crippen molar-refractivity contribution < 1.29 is 9.53 Å². The molecular formula is C20H13BrN2O2. The van der Waals surface area contributed by atoms with E-state index in [1.807, 2.05) is 36.4 Å². The molecule has 0 aliphatic rings. The predicted octanol–water partition coefficient (Wildman–Crippen LogP) is 4.93. The molecule has 3 aromatic rings. The van der Waals surface area contributed by atoms with Gasteiger partial charge >= 0.3 is 0 Å². The maximum Gasteiger partial charge on any atom is 0.195 e. The molecule has 0 saturated carbocycles. The Morgan fingerprint density at radius 3 is 2.52 bits per heavy atom. The van der Waals surface area contributed by atoms with Crippen LogP contribution in [-0.2, 0) is 0 Å². The second-order valence-electron chi connectivity index (χ2n) is 5.31. The second kappa shape index (κ2) is 7.20. The van der Waals surface area contributed by atoms with Crippen molar-refractivity contribution in [2.75, 3.05) is 5.73 Å². The number of rotatable bonds is 4. The molecule has 0 bridgehead atoms. The van der Waals surface area contributed by atoms with E-state index in [4.69, 9.17) is 15.7 Å². The van der Waals surface area contributed by atoms with Crippen LogP contribution in [0.5, 0.6) is 11.5 Å². The van der Waals surface area contributed by atoms with Gasteiger partial charge in [-0.05, 0) is 46.3 Å². The van der Waals surface area contributed by atoms with E-state index in [1.165, 1.54) is 0 Å². The summed E-state index contributed by atoms with van der Waals surface area (Å²) in [5.74, 6) is 0.941. The van der Waals surface area contributed by atoms with Gasteiger partial charge in [0.25, 0.3) is 0 Å². The Balaban J connectivity index is 1.94. The van der Waals surface area contributed by atoms with Crippen LogP contribution in [0.2, 0.25) is 0 Å². The Morgan fingerprint density at radius 2 is 1.80 bits per heavy atom. The fraction of sp³-hybridized carbons (Fsp3) is 0. The summed E-state index contributed by atoms with van der Waals surface area (Å²) in [6.07, 6.45) is 0. The zero-order chi connectivity index (χ0) is 17.8. The lowest BCUT2D eigenvalue weighted by atomic mass is 10.00. The Kier molecular flexibility index (Phi) is 4.82. The van der Waals surface area contributed by atoms with Crippen LogP contribution in [0.25, 0.3) is 0 Å². The number of ether oxygens (including phenoxy) is 1. The van der Waals surface area contributed by atoms with Crippen LogP contribution in [0.15, 0.2) is 71.2 Å². The molecule has 3 aromatic carbocycles. The van der Waals surface area contributed by atoms with Gasteiger partial charge in [0.1, 0.15) is 11.5 Å². The minimum atomic E-state index is -0.249. The van der Waals surface area contributed by atoms with Crippen molar-refractivity contribution in [3.63, 3.8) is 0 Å². The monoisotopic (exact) mass is 392 g/mol. The third-order valence-electron chi connectivity index (χ3n) is 3.57. The van der Waals surface area contributed by atoms with E-state index >= 15 is 0 Å². The molecule has 0 spiro atoms. The van der Waals surface area contributed by atoms with Crippen LogP contribution in [-0.4, -0.2) is 5.78 Å². The molecule has 0 atom stereocenters. The molecule has 0 aliphatic heterocycles. The summed E-state index contributed by atoms with van der Waals surface area (Å²) in [5.41, 5.74) is 7.56. The van der Waals surface area contributed by atoms with Crippen molar-refractivity contribution in [1.82, 2.24) is 0 Å². The summed E-state index contributed by atoms with van der Waals surface area (Å²) in [6.45, 7) is 0. The number of nitriles is 1. The molecule has 2 N–H and O–H groups in total. The van der Waals surface area contributed by atoms with Crippen LogP contribution < -0.4 is 10.5 Å². The number of nitrogens with zero attached hydrogens (tertiary/aromatic N) is 1. The van der Waals surface area contributed by atoms with Gasteiger partial charge in [-0.15, -0.1) is 0 Å². The third-order valence-corrected chi connectivity index (χ3v) is 4.19. The maximum absolute atomic E-state index is 12.7. The first-order chi connectivity index (χ1) is 12.1. The average Bonchev–Trinajstić information content (AvgIpc) is 2.65. The normalized spacial score (nSPS) is 10.1. The van der Waals surface area contributed by atoms with E-state index in [0.29, 0.717) is 38.3 Å². The zero-order valence-corrected chi connectivity index (χ0v) is 14.7. The maximum atomic E-state index is 12.7. The zero-order valence-electron chi connectivity index (χ0n) is 13.1. The quantitative estimate of drug-likeness (QED) is 0.504. The number of nitrogen functional groups attached to an aromatic ring is 1. The fourth-order valence-corrected chi connectivity index (χ4v) is 2.77. The Bertz CT molecular complexity index is 979. The van der Waals surface area contributed by atoms with E-state index in [9.17, 15) is 4.79 Å². The molecule has 0 radical (unpaired) electrons. The van der Waals surface area contributed by atoms with Crippen molar-refractivity contribution in [2.24, 2.45) is 0 Å². The Morgan fingerprint density at radius 1 is 1.04 bits per heavy atom. The lowest BCUT2D eigenvalue weighted by molar-refractivity contribution is 0.103. The summed E-state index contributed by atoms with van der Waals surface area (Å²) in [4.78, 5) is 12.7. The van der Waals surface area contributed by atoms with E-state index in [-0.39, 0.29) is 5.78 Å². The average molecular weight is 393 g/mol. The molecule has 25 heavy (non-hydrogen) atoms. The number of para-hydroxylation sites is 1. The van der Waals surface area contributed by atoms with E-state index in [1.54, 1.807) is 36.4 Å². The number of hydrogen-bond acceptors (Lipinski definition) is 4. The number of halogens is 1. The molecule has 0 amide bonds. The predicted molar refractivity (Wildman–Crippen MR) is 99.7 cm³/mol. The molecule has 0 fully saturated rings. The molecule has 0 unspecified atom stereocenters. The van der Waals surface area contributed by atoms with Gasteiger partial charge in [0.05, 0.1) is 16.1 Å². The Labute approximate surface area is 153 Å². The largest absolute Gasteiger partial charge is 0.456 e. The van der Waals surface area contributed by atoms with E-state index < -0.39 is 0 Å². The van der Waals surface area contributed by atoms with E-state index in [0.717, 1.165) is 0 Å². The first-order valence-electron chi connectivity index (χ1n) is 7.45. The second-order valence-corrected chi connectivity index (χ2v) is 6.16. The van der Waals surface area contributed by atoms with Gasteiger partial charge in [-0.1, -0.05) is 30.3 Å². The molecule has 4 nitrogen and oxygen atoms in total. The SMILES string of the molecule is N#Cc1cccc(C(=O)c2cc(Br)c(Oc3ccccc3)cc2N)c1. The summed E-state index contributed by atoms with van der Waals surface area (Å²) in [6, 6.07) is 21.1. The smallest absolute Gasteiger partial charge is 0.195 e. The number of anilines is 1. The van der Waals surface area contributed by atoms with Gasteiger partial charge < -0.3 is 10.5 Å². The molecule has 0 heterocycles. The standard InChI is InChI=1S/C20H13BrN2O2/c21-17-10-16(20(24)14-6-4-5-13(9-14)12-22)18(23)11-19(17)25-15-7-2-1-3-8-15/h1-11H,23H2. The number of ketones is 1. The summed E-state index contributed by atoms with van der Waals surface area (Å²) < 4.78 is 6.40. The van der Waals surface area contributed by atoms with Crippen molar-refractivity contribution in [1.29, 1.82) is 5.26 Å². The van der Waals surface area contributed by atoms with Gasteiger partial charge in [-0.25, -0.2) is 0 Å². The lowest BCUT2D eigenvalue weighted by Crippen LogP contribution is -2.06. The first kappa shape index (κ1) is 16.7. The van der Waals surface area contributed by atoms with Crippen LogP contribution >= 0.6 is 15.9 Å². The van der Waals surface area contributed by atoms with Crippen molar-refractivity contribution in [2.45, 2.75) is 0 Å². The number of benzene rings is 3. The van der Waals surface area contributed by atoms with Crippen LogP contribution in [0.3, 0.4) is 0 Å². The fourth-order valence-electron chi connectivity index (χ4n) is 2.34. The van der Waals surface area contributed by atoms with Crippen LogP contribution in [0, 0.1) is 11.3 Å². The number of carbonyl (C=O) groups excluding carboxylic acids is 1. The van der Waals surface area contributed by atoms with Crippen molar-refractivity contribution in [3.8, 4) is 17.6 Å². The molecule has 3 rings (SSSR count). The first-order valence-corrected chi connectivity index (χ1v) is 8.24. The summed E-state index contributed by atoms with van der Waals surface area (Å²) in [7, 11) is 0. The topological polar surface area (TPSA) is 76.1 Å². The molecule has 5 heteroatoms. The minimum Gasteiger partial charge on any atom is -0.456 e. The molecule has 122 valence electrons. The van der Waals surface area contributed by atoms with Gasteiger partial charge in [0.2, 0.25) is 0 Å². The summed E-state index contributed by atoms with van der Waals surface area (Å²) in [5, 5.41) is 8.98. The molecular weight excluding hydrogens is 380 g/mol. The highest BCUT2D eigenvalue weighted by Crippen LogP contribution is 2.34. The van der Waals surface area contributed by atoms with Crippen molar-refractivity contribution in [3.05, 3.63) is 87.9 Å². The highest BCUT2D eigenvalue weighted by Gasteiger charge is 2.16. The highest BCUT2D eigenvalue weighted by molar-refractivity contribution is 9.10. The molecule has 0 aliphatic carbocycles. The summed E-state index contributed by atoms with van der Waals surface area (Å²) >= 11 is 3.42. The van der Waals surface area contributed by atoms with Crippen LogP contribution in [0.1, 0.15) is 21.5 Å². The molecule has 0 aromatic heterocycles. The third kappa shape index (κ3) is 3.70. The highest BCUT2D eigenvalue weighted by atomic mass is 79.9. The number of carbonyl (C=O) groups is 1. The number of hydrogen-bond donors (Lipinski definition) is 1. The van der Waals surface area contributed by atoms with Gasteiger partial charge in [-0.2, -0.15) is 5.26 Å². The Hall–Kier alpha value is -3.10. The van der Waals surface area contributed by atoms with Gasteiger partial charge in [0, 0.05) is 22.9 Å². The number of nitrogens with two attached hydrogens (primary N) is 1. The van der Waals surface area contributed by atoms with Crippen molar-refractivity contribution >= 4 is 27.4 Å². The van der Waals surface area contributed by atoms with Gasteiger partial charge in [0.15, 0.2) is 5.78 Å².